The summed E-state index contributed by atoms with van der Waals surface area (Å²) in [5, 5.41) is 17.3. The van der Waals surface area contributed by atoms with E-state index >= 15 is 0 Å². The number of hydrogen-bond acceptors (Lipinski definition) is 6. The predicted molar refractivity (Wildman–Crippen MR) is 82.1 cm³/mol. The third-order valence-electron chi connectivity index (χ3n) is 3.07. The second-order valence-corrected chi connectivity index (χ2v) is 5.93. The summed E-state index contributed by atoms with van der Waals surface area (Å²) in [6.45, 7) is 2.04. The van der Waals surface area contributed by atoms with Gasteiger partial charge in [0.1, 0.15) is 5.25 Å². The van der Waals surface area contributed by atoms with Gasteiger partial charge in [0, 0.05) is 0 Å². The molecule has 1 aromatic carbocycles. The molecular weight excluding hydrogens is 298 g/mol. The molecule has 0 aliphatic carbocycles. The highest BCUT2D eigenvalue weighted by Gasteiger charge is 2.17. The van der Waals surface area contributed by atoms with Crippen LogP contribution in [-0.2, 0) is 6.42 Å². The van der Waals surface area contributed by atoms with Crippen LogP contribution in [0.3, 0.4) is 0 Å². The van der Waals surface area contributed by atoms with Gasteiger partial charge in [-0.25, -0.2) is 0 Å². The van der Waals surface area contributed by atoms with E-state index in [2.05, 4.69) is 16.3 Å². The van der Waals surface area contributed by atoms with E-state index in [1.165, 1.54) is 17.3 Å². The molecule has 3 aromatic rings. The lowest BCUT2D eigenvalue weighted by molar-refractivity contribution is 0.447. The lowest BCUT2D eigenvalue weighted by atomic mass is 10.1. The van der Waals surface area contributed by atoms with Crippen LogP contribution in [-0.4, -0.2) is 15.4 Å². The molecule has 0 fully saturated rings. The van der Waals surface area contributed by atoms with Crippen LogP contribution in [0.1, 0.15) is 11.1 Å². The lowest BCUT2D eigenvalue weighted by Crippen LogP contribution is -2.03. The summed E-state index contributed by atoms with van der Waals surface area (Å²) in [5.41, 5.74) is 2.31. The first kappa shape index (κ1) is 14.4. The number of rotatable bonds is 5. The van der Waals surface area contributed by atoms with Gasteiger partial charge in [-0.3, -0.25) is 0 Å². The van der Waals surface area contributed by atoms with E-state index in [1.807, 2.05) is 31.2 Å². The quantitative estimate of drug-likeness (QED) is 0.666. The van der Waals surface area contributed by atoms with Gasteiger partial charge in [0.2, 0.25) is 0 Å². The molecule has 0 amide bonds. The first-order valence-electron chi connectivity index (χ1n) is 6.74. The fourth-order valence-electron chi connectivity index (χ4n) is 1.93. The zero-order valence-corrected chi connectivity index (χ0v) is 12.7. The van der Waals surface area contributed by atoms with Gasteiger partial charge in [-0.1, -0.05) is 29.8 Å². The van der Waals surface area contributed by atoms with Crippen molar-refractivity contribution in [2.75, 3.05) is 0 Å². The summed E-state index contributed by atoms with van der Waals surface area (Å²) in [5.74, 6) is 0.839. The molecule has 0 saturated carbocycles. The van der Waals surface area contributed by atoms with E-state index in [0.29, 0.717) is 23.3 Å². The van der Waals surface area contributed by atoms with Crippen molar-refractivity contribution in [3.8, 4) is 17.7 Å². The molecule has 0 saturated heterocycles. The predicted octanol–water partition coefficient (Wildman–Crippen LogP) is 3.87. The zero-order chi connectivity index (χ0) is 15.4. The first-order chi connectivity index (χ1) is 10.7. The molecule has 0 spiro atoms. The molecule has 0 radical (unpaired) electrons. The molecule has 2 aromatic heterocycles. The Labute approximate surface area is 132 Å². The van der Waals surface area contributed by atoms with Gasteiger partial charge in [0.15, 0.2) is 5.76 Å². The van der Waals surface area contributed by atoms with Crippen LogP contribution in [0.2, 0.25) is 0 Å². The Morgan fingerprint density at radius 1 is 1.23 bits per heavy atom. The van der Waals surface area contributed by atoms with Crippen molar-refractivity contribution in [1.82, 2.24) is 10.2 Å². The van der Waals surface area contributed by atoms with Crippen LogP contribution in [0.5, 0.6) is 0 Å². The van der Waals surface area contributed by atoms with Crippen molar-refractivity contribution in [2.24, 2.45) is 0 Å². The average molecular weight is 311 g/mol. The molecule has 2 heterocycles. The summed E-state index contributed by atoms with van der Waals surface area (Å²) >= 11 is 1.26. The highest BCUT2D eigenvalue weighted by atomic mass is 32.2. The van der Waals surface area contributed by atoms with Crippen molar-refractivity contribution in [3.63, 3.8) is 0 Å². The van der Waals surface area contributed by atoms with E-state index in [-0.39, 0.29) is 5.25 Å². The van der Waals surface area contributed by atoms with Crippen molar-refractivity contribution in [3.05, 3.63) is 53.8 Å². The minimum Gasteiger partial charge on any atom is -0.459 e. The molecule has 0 aliphatic heterocycles. The van der Waals surface area contributed by atoms with E-state index in [9.17, 15) is 5.26 Å². The standard InChI is InChI=1S/C16H13N3O2S/c1-11-4-6-12(7-5-11)9-13(10-17)22-16-19-18-15(21-16)14-3-2-8-20-14/h2-8,13H,9H2,1H3/t13-/m0/s1. The van der Waals surface area contributed by atoms with Crippen LogP contribution in [0, 0.1) is 18.3 Å². The minimum atomic E-state index is -0.285. The molecule has 5 nitrogen and oxygen atoms in total. The molecule has 0 N–H and O–H groups in total. The Kier molecular flexibility index (Phi) is 4.26. The van der Waals surface area contributed by atoms with Crippen LogP contribution < -0.4 is 0 Å². The summed E-state index contributed by atoms with van der Waals surface area (Å²) in [6.07, 6.45) is 2.17. The number of aromatic nitrogens is 2. The zero-order valence-electron chi connectivity index (χ0n) is 11.9. The number of thioether (sulfide) groups is 1. The minimum absolute atomic E-state index is 0.285. The van der Waals surface area contributed by atoms with E-state index in [1.54, 1.807) is 18.4 Å². The van der Waals surface area contributed by atoms with Gasteiger partial charge in [0.25, 0.3) is 11.1 Å². The summed E-state index contributed by atoms with van der Waals surface area (Å²) in [4.78, 5) is 0. The summed E-state index contributed by atoms with van der Waals surface area (Å²) in [6, 6.07) is 13.9. The van der Waals surface area contributed by atoms with Crippen molar-refractivity contribution in [2.45, 2.75) is 23.8 Å². The molecule has 0 aliphatic rings. The van der Waals surface area contributed by atoms with Crippen LogP contribution in [0.4, 0.5) is 0 Å². The monoisotopic (exact) mass is 311 g/mol. The Bertz CT molecular complexity index is 773. The Morgan fingerprint density at radius 2 is 2.05 bits per heavy atom. The van der Waals surface area contributed by atoms with Crippen molar-refractivity contribution in [1.29, 1.82) is 5.26 Å². The smallest absolute Gasteiger partial charge is 0.284 e. The number of furan rings is 1. The number of hydrogen-bond donors (Lipinski definition) is 0. The molecule has 0 bridgehead atoms. The number of aryl methyl sites for hydroxylation is 1. The maximum atomic E-state index is 9.31. The highest BCUT2D eigenvalue weighted by molar-refractivity contribution is 7.99. The fraction of sp³-hybridized carbons (Fsp3) is 0.188. The van der Waals surface area contributed by atoms with Crippen LogP contribution in [0.25, 0.3) is 11.7 Å². The van der Waals surface area contributed by atoms with Crippen LogP contribution >= 0.6 is 11.8 Å². The van der Waals surface area contributed by atoms with Gasteiger partial charge in [-0.15, -0.1) is 10.2 Å². The molecule has 1 atom stereocenters. The summed E-state index contributed by atoms with van der Waals surface area (Å²) < 4.78 is 10.7. The maximum Gasteiger partial charge on any atom is 0.284 e. The van der Waals surface area contributed by atoms with Crippen molar-refractivity contribution >= 4 is 11.8 Å². The number of nitrogens with zero attached hydrogens (tertiary/aromatic N) is 3. The van der Waals surface area contributed by atoms with Gasteiger partial charge in [-0.2, -0.15) is 5.26 Å². The maximum absolute atomic E-state index is 9.31. The second kappa shape index (κ2) is 6.50. The molecule has 110 valence electrons. The Hall–Kier alpha value is -2.52. The largest absolute Gasteiger partial charge is 0.459 e. The molecule has 6 heteroatoms. The molecule has 0 unspecified atom stereocenters. The van der Waals surface area contributed by atoms with Gasteiger partial charge >= 0.3 is 0 Å². The Morgan fingerprint density at radius 3 is 2.73 bits per heavy atom. The van der Waals surface area contributed by atoms with Gasteiger partial charge in [-0.05, 0) is 42.8 Å². The fourth-order valence-corrected chi connectivity index (χ4v) is 2.72. The van der Waals surface area contributed by atoms with Crippen LogP contribution in [0.15, 0.2) is 56.7 Å². The number of benzene rings is 1. The average Bonchev–Trinajstić information content (AvgIpc) is 3.19. The van der Waals surface area contributed by atoms with E-state index < -0.39 is 0 Å². The highest BCUT2D eigenvalue weighted by Crippen LogP contribution is 2.27. The summed E-state index contributed by atoms with van der Waals surface area (Å²) in [7, 11) is 0. The SMILES string of the molecule is Cc1ccc(C[C@@H](C#N)Sc2nnc(-c3ccco3)o2)cc1. The molecule has 3 rings (SSSR count). The number of nitriles is 1. The van der Waals surface area contributed by atoms with Gasteiger partial charge in [0.05, 0.1) is 12.3 Å². The van der Waals surface area contributed by atoms with Crippen molar-refractivity contribution < 1.29 is 8.83 Å². The topological polar surface area (TPSA) is 75.8 Å². The normalized spacial score (nSPS) is 12.0. The lowest BCUT2D eigenvalue weighted by Gasteiger charge is -2.06. The third kappa shape index (κ3) is 3.38. The van der Waals surface area contributed by atoms with Gasteiger partial charge < -0.3 is 8.83 Å². The molecular formula is C16H13N3O2S. The molecule has 22 heavy (non-hydrogen) atoms. The van der Waals surface area contributed by atoms with E-state index in [0.717, 1.165) is 5.56 Å². The first-order valence-corrected chi connectivity index (χ1v) is 7.62. The van der Waals surface area contributed by atoms with E-state index in [4.69, 9.17) is 8.83 Å². The third-order valence-corrected chi connectivity index (χ3v) is 3.99. The Balaban J connectivity index is 1.68. The second-order valence-electron chi connectivity index (χ2n) is 4.78.